The van der Waals surface area contributed by atoms with Gasteiger partial charge in [-0.25, -0.2) is 4.68 Å². The number of carbonyl (C=O) groups excluding carboxylic acids is 1. The van der Waals surface area contributed by atoms with E-state index in [9.17, 15) is 9.59 Å². The Kier molecular flexibility index (Phi) is 4.33. The molecule has 0 unspecified atom stereocenters. The van der Waals surface area contributed by atoms with Gasteiger partial charge in [-0.1, -0.05) is 26.2 Å². The molecule has 3 heterocycles. The number of nitrogens with zero attached hydrogens (tertiary/aromatic N) is 3. The molecule has 3 aromatic rings. The first kappa shape index (κ1) is 16.3. The largest absolute Gasteiger partial charge is 0.352 e. The second kappa shape index (κ2) is 6.63. The van der Waals surface area contributed by atoms with Crippen molar-refractivity contribution in [1.82, 2.24) is 19.5 Å². The van der Waals surface area contributed by atoms with Gasteiger partial charge in [0.25, 0.3) is 5.56 Å². The first-order chi connectivity index (χ1) is 12.2. The average Bonchev–Trinajstić information content (AvgIpc) is 3.20. The zero-order valence-corrected chi connectivity index (χ0v) is 15.1. The number of rotatable bonds is 4. The Morgan fingerprint density at radius 1 is 1.32 bits per heavy atom. The number of hydrogen-bond acceptors (Lipinski definition) is 4. The molecular weight excluding hydrogens is 336 g/mol. The normalized spacial score (nSPS) is 15.9. The fourth-order valence-corrected chi connectivity index (χ4v) is 4.52. The van der Waals surface area contributed by atoms with Crippen LogP contribution < -0.4 is 10.9 Å². The molecule has 0 saturated heterocycles. The van der Waals surface area contributed by atoms with Gasteiger partial charge in [-0.15, -0.1) is 11.3 Å². The van der Waals surface area contributed by atoms with E-state index in [1.807, 2.05) is 28.8 Å². The number of carbonyl (C=O) groups is 1. The topological polar surface area (TPSA) is 68.4 Å². The van der Waals surface area contributed by atoms with Gasteiger partial charge in [0.15, 0.2) is 0 Å². The van der Waals surface area contributed by atoms with Gasteiger partial charge in [0.2, 0.25) is 5.91 Å². The SMILES string of the molecule is CCc1nn(CC(=O)NC2CCCCC2)c(=O)c2cc3sccc3n12. The highest BCUT2D eigenvalue weighted by atomic mass is 32.1. The van der Waals surface area contributed by atoms with Crippen molar-refractivity contribution in [1.29, 1.82) is 0 Å². The predicted molar refractivity (Wildman–Crippen MR) is 99.2 cm³/mol. The quantitative estimate of drug-likeness (QED) is 0.780. The van der Waals surface area contributed by atoms with Crippen LogP contribution in [0.25, 0.3) is 15.7 Å². The van der Waals surface area contributed by atoms with E-state index in [0.717, 1.165) is 41.7 Å². The van der Waals surface area contributed by atoms with E-state index in [2.05, 4.69) is 10.4 Å². The van der Waals surface area contributed by atoms with Crippen LogP contribution in [0.3, 0.4) is 0 Å². The van der Waals surface area contributed by atoms with E-state index in [0.29, 0.717) is 11.9 Å². The smallest absolute Gasteiger partial charge is 0.291 e. The summed E-state index contributed by atoms with van der Waals surface area (Å²) in [5, 5.41) is 9.54. The molecule has 1 aliphatic carbocycles. The minimum Gasteiger partial charge on any atom is -0.352 e. The minimum atomic E-state index is -0.209. The van der Waals surface area contributed by atoms with E-state index < -0.39 is 0 Å². The van der Waals surface area contributed by atoms with Crippen molar-refractivity contribution in [3.63, 3.8) is 0 Å². The molecule has 1 amide bonds. The molecule has 1 N–H and O–H groups in total. The molecule has 0 spiro atoms. The number of amides is 1. The molecule has 1 fully saturated rings. The highest BCUT2D eigenvalue weighted by Crippen LogP contribution is 2.24. The van der Waals surface area contributed by atoms with Crippen LogP contribution in [0.2, 0.25) is 0 Å². The van der Waals surface area contributed by atoms with Crippen molar-refractivity contribution in [2.75, 3.05) is 0 Å². The summed E-state index contributed by atoms with van der Waals surface area (Å²) >= 11 is 1.61. The fraction of sp³-hybridized carbons (Fsp3) is 0.500. The van der Waals surface area contributed by atoms with Crippen LogP contribution in [0.5, 0.6) is 0 Å². The summed E-state index contributed by atoms with van der Waals surface area (Å²) in [6, 6.07) is 4.15. The number of hydrogen-bond donors (Lipinski definition) is 1. The number of aryl methyl sites for hydroxylation is 1. The molecule has 0 aromatic carbocycles. The van der Waals surface area contributed by atoms with E-state index >= 15 is 0 Å². The van der Waals surface area contributed by atoms with Crippen LogP contribution in [0, 0.1) is 0 Å². The van der Waals surface area contributed by atoms with Crippen molar-refractivity contribution in [2.45, 2.75) is 58.0 Å². The summed E-state index contributed by atoms with van der Waals surface area (Å²) in [6.07, 6.45) is 6.33. The van der Waals surface area contributed by atoms with Gasteiger partial charge in [-0.05, 0) is 30.4 Å². The Morgan fingerprint density at radius 3 is 2.88 bits per heavy atom. The van der Waals surface area contributed by atoms with Crippen LogP contribution >= 0.6 is 11.3 Å². The maximum Gasteiger partial charge on any atom is 0.291 e. The summed E-state index contributed by atoms with van der Waals surface area (Å²) in [5.74, 6) is 0.676. The average molecular weight is 358 g/mol. The molecular formula is C18H22N4O2S. The Hall–Kier alpha value is -2.15. The summed E-state index contributed by atoms with van der Waals surface area (Å²) in [7, 11) is 0. The van der Waals surface area contributed by atoms with Crippen molar-refractivity contribution in [2.24, 2.45) is 0 Å². The summed E-state index contributed by atoms with van der Waals surface area (Å²) < 4.78 is 4.30. The summed E-state index contributed by atoms with van der Waals surface area (Å²) in [5.41, 5.74) is 1.40. The molecule has 0 atom stereocenters. The van der Waals surface area contributed by atoms with Crippen LogP contribution in [0.4, 0.5) is 0 Å². The van der Waals surface area contributed by atoms with Gasteiger partial charge in [0.1, 0.15) is 17.9 Å². The number of nitrogens with one attached hydrogen (secondary N) is 1. The van der Waals surface area contributed by atoms with Crippen molar-refractivity contribution < 1.29 is 4.79 Å². The Labute approximate surface area is 149 Å². The molecule has 25 heavy (non-hydrogen) atoms. The summed E-state index contributed by atoms with van der Waals surface area (Å²) in [6.45, 7) is 1.99. The maximum absolute atomic E-state index is 12.8. The zero-order valence-electron chi connectivity index (χ0n) is 14.3. The minimum absolute atomic E-state index is 0.0162. The predicted octanol–water partition coefficient (Wildman–Crippen LogP) is 2.72. The van der Waals surface area contributed by atoms with Gasteiger partial charge in [0.05, 0.1) is 10.2 Å². The van der Waals surface area contributed by atoms with Crippen molar-refractivity contribution in [3.05, 3.63) is 33.7 Å². The van der Waals surface area contributed by atoms with E-state index in [1.54, 1.807) is 11.3 Å². The molecule has 1 aliphatic rings. The van der Waals surface area contributed by atoms with E-state index in [1.165, 1.54) is 11.1 Å². The molecule has 3 aromatic heterocycles. The number of thiophene rings is 1. The molecule has 1 saturated carbocycles. The van der Waals surface area contributed by atoms with Crippen LogP contribution in [-0.2, 0) is 17.8 Å². The second-order valence-electron chi connectivity index (χ2n) is 6.67. The second-order valence-corrected chi connectivity index (χ2v) is 7.62. The number of aromatic nitrogens is 3. The van der Waals surface area contributed by atoms with Crippen molar-refractivity contribution >= 4 is 33.0 Å². The lowest BCUT2D eigenvalue weighted by Crippen LogP contribution is -2.41. The summed E-state index contributed by atoms with van der Waals surface area (Å²) in [4.78, 5) is 25.2. The first-order valence-electron chi connectivity index (χ1n) is 8.95. The monoisotopic (exact) mass is 358 g/mol. The van der Waals surface area contributed by atoms with Crippen LogP contribution in [-0.4, -0.2) is 26.1 Å². The lowest BCUT2D eigenvalue weighted by Gasteiger charge is -2.22. The highest BCUT2D eigenvalue weighted by molar-refractivity contribution is 7.17. The molecule has 0 aliphatic heterocycles. The Morgan fingerprint density at radius 2 is 2.12 bits per heavy atom. The van der Waals surface area contributed by atoms with E-state index in [-0.39, 0.29) is 24.1 Å². The van der Waals surface area contributed by atoms with Crippen molar-refractivity contribution in [3.8, 4) is 0 Å². The molecule has 0 bridgehead atoms. The van der Waals surface area contributed by atoms with Gasteiger partial charge < -0.3 is 5.32 Å². The molecule has 4 rings (SSSR count). The first-order valence-corrected chi connectivity index (χ1v) is 9.83. The Balaban J connectivity index is 1.66. The highest BCUT2D eigenvalue weighted by Gasteiger charge is 2.18. The lowest BCUT2D eigenvalue weighted by atomic mass is 9.95. The third-order valence-electron chi connectivity index (χ3n) is 4.95. The Bertz CT molecular complexity index is 978. The molecule has 132 valence electrons. The molecule has 0 radical (unpaired) electrons. The lowest BCUT2D eigenvalue weighted by molar-refractivity contribution is -0.122. The van der Waals surface area contributed by atoms with Crippen LogP contribution in [0.15, 0.2) is 22.3 Å². The third kappa shape index (κ3) is 2.97. The van der Waals surface area contributed by atoms with E-state index in [4.69, 9.17) is 0 Å². The standard InChI is InChI=1S/C18H22N4O2S/c1-2-16-20-21(11-17(23)19-12-6-4-3-5-7-12)18(24)14-10-15-13(22(14)16)8-9-25-15/h8-10,12H,2-7,11H2,1H3,(H,19,23). The maximum atomic E-state index is 12.8. The number of fused-ring (bicyclic) bond motifs is 3. The van der Waals surface area contributed by atoms with Crippen LogP contribution in [0.1, 0.15) is 44.9 Å². The fourth-order valence-electron chi connectivity index (χ4n) is 3.71. The molecule has 6 nitrogen and oxygen atoms in total. The van der Waals surface area contributed by atoms with Gasteiger partial charge >= 0.3 is 0 Å². The van der Waals surface area contributed by atoms with Gasteiger partial charge in [-0.3, -0.25) is 14.0 Å². The zero-order chi connectivity index (χ0) is 17.4. The molecule has 7 heteroatoms. The van der Waals surface area contributed by atoms with Gasteiger partial charge in [-0.2, -0.15) is 5.10 Å². The third-order valence-corrected chi connectivity index (χ3v) is 5.80. The van der Waals surface area contributed by atoms with Gasteiger partial charge in [0, 0.05) is 12.5 Å².